The van der Waals surface area contributed by atoms with Gasteiger partial charge in [0.15, 0.2) is 0 Å². The molecule has 0 aromatic heterocycles. The van der Waals surface area contributed by atoms with Crippen LogP contribution in [-0.2, 0) is 4.74 Å². The van der Waals surface area contributed by atoms with E-state index >= 15 is 0 Å². The van der Waals surface area contributed by atoms with Crippen LogP contribution in [0.2, 0.25) is 0 Å². The zero-order chi connectivity index (χ0) is 5.98. The summed E-state index contributed by atoms with van der Waals surface area (Å²) in [5.74, 6) is 0. The molecule has 0 saturated carbocycles. The largest absolute Gasteiger partial charge is 0.497 e. The Morgan fingerprint density at radius 1 is 1.62 bits per heavy atom. The second-order valence-electron chi connectivity index (χ2n) is 1.98. The molecular weight excluding hydrogens is 102 g/mol. The molecule has 46 valence electrons. The van der Waals surface area contributed by atoms with Crippen LogP contribution in [0.1, 0.15) is 6.92 Å². The third-order valence-corrected chi connectivity index (χ3v) is 1.42. The van der Waals surface area contributed by atoms with Crippen LogP contribution in [0.3, 0.4) is 0 Å². The minimum atomic E-state index is 0.306. The summed E-state index contributed by atoms with van der Waals surface area (Å²) in [4.78, 5) is 0. The summed E-state index contributed by atoms with van der Waals surface area (Å²) in [6, 6.07) is 0.412. The highest BCUT2D eigenvalue weighted by atomic mass is 16.5. The maximum Gasteiger partial charge on any atom is 0.114 e. The van der Waals surface area contributed by atoms with Crippen LogP contribution in [0.5, 0.6) is 0 Å². The van der Waals surface area contributed by atoms with Gasteiger partial charge in [0.2, 0.25) is 0 Å². The second kappa shape index (κ2) is 2.18. The lowest BCUT2D eigenvalue weighted by Crippen LogP contribution is -2.31. The van der Waals surface area contributed by atoms with Crippen molar-refractivity contribution in [1.29, 1.82) is 0 Å². The lowest BCUT2D eigenvalue weighted by Gasteiger charge is -2.11. The molecule has 0 saturated heterocycles. The summed E-state index contributed by atoms with van der Waals surface area (Å²) in [6.07, 6.45) is 4.07. The molecule has 2 nitrogen and oxygen atoms in total. The maximum atomic E-state index is 5.11. The van der Waals surface area contributed by atoms with E-state index in [1.807, 2.05) is 20.0 Å². The van der Waals surface area contributed by atoms with E-state index < -0.39 is 0 Å². The average molecular weight is 113 g/mol. The number of hydrogen-bond acceptors (Lipinski definition) is 2. The van der Waals surface area contributed by atoms with Gasteiger partial charge in [-0.3, -0.25) is 0 Å². The minimum absolute atomic E-state index is 0.306. The first kappa shape index (κ1) is 5.63. The predicted octanol–water partition coefficient (Wildman–Crippen LogP) is 0.507. The van der Waals surface area contributed by atoms with Gasteiger partial charge in [-0.05, 0) is 20.0 Å². The molecule has 1 aliphatic heterocycles. The van der Waals surface area contributed by atoms with E-state index in [1.165, 1.54) is 0 Å². The fourth-order valence-corrected chi connectivity index (χ4v) is 0.826. The van der Waals surface area contributed by atoms with Crippen molar-refractivity contribution in [2.75, 3.05) is 7.05 Å². The third-order valence-electron chi connectivity index (χ3n) is 1.42. The Labute approximate surface area is 49.5 Å². The third kappa shape index (κ3) is 0.842. The summed E-state index contributed by atoms with van der Waals surface area (Å²) in [5, 5.41) is 3.10. The van der Waals surface area contributed by atoms with Gasteiger partial charge in [-0.1, -0.05) is 0 Å². The molecule has 2 unspecified atom stereocenters. The van der Waals surface area contributed by atoms with Crippen molar-refractivity contribution in [3.63, 3.8) is 0 Å². The molecule has 1 heterocycles. The molecule has 0 amide bonds. The summed E-state index contributed by atoms with van der Waals surface area (Å²) < 4.78 is 5.11. The van der Waals surface area contributed by atoms with Crippen LogP contribution in [0.4, 0.5) is 0 Å². The first-order valence-electron chi connectivity index (χ1n) is 2.84. The first-order valence-corrected chi connectivity index (χ1v) is 2.84. The SMILES string of the molecule is CNC1C=COC1C. The Hall–Kier alpha value is -0.500. The standard InChI is InChI=1S/C6H11NO/c1-5-6(7-2)3-4-8-5/h3-7H,1-2H3. The van der Waals surface area contributed by atoms with Gasteiger partial charge in [0.1, 0.15) is 6.10 Å². The second-order valence-corrected chi connectivity index (χ2v) is 1.98. The van der Waals surface area contributed by atoms with E-state index in [0.29, 0.717) is 12.1 Å². The predicted molar refractivity (Wildman–Crippen MR) is 32.5 cm³/mol. The van der Waals surface area contributed by atoms with Crippen molar-refractivity contribution in [3.8, 4) is 0 Å². The van der Waals surface area contributed by atoms with Crippen LogP contribution in [0.15, 0.2) is 12.3 Å². The Bertz CT molecular complexity index is 101. The quantitative estimate of drug-likeness (QED) is 0.535. The van der Waals surface area contributed by atoms with E-state index in [0.717, 1.165) is 0 Å². The minimum Gasteiger partial charge on any atom is -0.497 e. The lowest BCUT2D eigenvalue weighted by molar-refractivity contribution is 0.167. The van der Waals surface area contributed by atoms with Crippen molar-refractivity contribution < 1.29 is 4.74 Å². The van der Waals surface area contributed by atoms with E-state index in [4.69, 9.17) is 4.74 Å². The summed E-state index contributed by atoms with van der Waals surface area (Å²) >= 11 is 0. The number of hydrogen-bond donors (Lipinski definition) is 1. The van der Waals surface area contributed by atoms with Gasteiger partial charge >= 0.3 is 0 Å². The molecule has 1 rings (SSSR count). The molecule has 2 atom stereocenters. The fraction of sp³-hybridized carbons (Fsp3) is 0.667. The van der Waals surface area contributed by atoms with Crippen molar-refractivity contribution in [2.24, 2.45) is 0 Å². The molecule has 0 aromatic carbocycles. The fourth-order valence-electron chi connectivity index (χ4n) is 0.826. The van der Waals surface area contributed by atoms with E-state index in [2.05, 4.69) is 5.32 Å². The number of nitrogens with one attached hydrogen (secondary N) is 1. The zero-order valence-electron chi connectivity index (χ0n) is 5.22. The molecule has 0 fully saturated rings. The molecule has 0 spiro atoms. The molecule has 8 heavy (non-hydrogen) atoms. The van der Waals surface area contributed by atoms with Crippen LogP contribution < -0.4 is 5.32 Å². The first-order chi connectivity index (χ1) is 3.84. The van der Waals surface area contributed by atoms with Gasteiger partial charge in [-0.2, -0.15) is 0 Å². The van der Waals surface area contributed by atoms with Gasteiger partial charge in [0.25, 0.3) is 0 Å². The van der Waals surface area contributed by atoms with Crippen molar-refractivity contribution in [1.82, 2.24) is 5.32 Å². The Balaban J connectivity index is 2.41. The van der Waals surface area contributed by atoms with Crippen molar-refractivity contribution >= 4 is 0 Å². The average Bonchev–Trinajstić information content (AvgIpc) is 2.14. The summed E-state index contributed by atoms with van der Waals surface area (Å²) in [5.41, 5.74) is 0. The number of likely N-dealkylation sites (N-methyl/N-ethyl adjacent to an activating group) is 1. The van der Waals surface area contributed by atoms with Gasteiger partial charge in [-0.15, -0.1) is 0 Å². The smallest absolute Gasteiger partial charge is 0.114 e. The molecule has 2 heteroatoms. The Morgan fingerprint density at radius 3 is 2.62 bits per heavy atom. The van der Waals surface area contributed by atoms with Gasteiger partial charge in [-0.25, -0.2) is 0 Å². The van der Waals surface area contributed by atoms with Crippen molar-refractivity contribution in [3.05, 3.63) is 12.3 Å². The normalized spacial score (nSPS) is 35.2. The Morgan fingerprint density at radius 2 is 2.38 bits per heavy atom. The van der Waals surface area contributed by atoms with Gasteiger partial charge in [0, 0.05) is 0 Å². The van der Waals surface area contributed by atoms with Gasteiger partial charge in [0.05, 0.1) is 12.3 Å². The highest BCUT2D eigenvalue weighted by Crippen LogP contribution is 2.07. The van der Waals surface area contributed by atoms with Crippen LogP contribution >= 0.6 is 0 Å². The molecule has 0 radical (unpaired) electrons. The molecular formula is C6H11NO. The molecule has 0 aliphatic carbocycles. The molecule has 0 bridgehead atoms. The highest BCUT2D eigenvalue weighted by molar-refractivity contribution is 4.98. The van der Waals surface area contributed by atoms with E-state index in [9.17, 15) is 0 Å². The van der Waals surface area contributed by atoms with E-state index in [-0.39, 0.29) is 0 Å². The van der Waals surface area contributed by atoms with E-state index in [1.54, 1.807) is 6.26 Å². The highest BCUT2D eigenvalue weighted by Gasteiger charge is 2.16. The van der Waals surface area contributed by atoms with Crippen LogP contribution in [-0.4, -0.2) is 19.2 Å². The Kier molecular flexibility index (Phi) is 1.53. The van der Waals surface area contributed by atoms with Gasteiger partial charge < -0.3 is 10.1 Å². The topological polar surface area (TPSA) is 21.3 Å². The lowest BCUT2D eigenvalue weighted by atomic mass is 10.2. The molecule has 1 aliphatic rings. The molecule has 0 aromatic rings. The van der Waals surface area contributed by atoms with Crippen LogP contribution in [0, 0.1) is 0 Å². The molecule has 1 N–H and O–H groups in total. The van der Waals surface area contributed by atoms with Crippen LogP contribution in [0.25, 0.3) is 0 Å². The zero-order valence-corrected chi connectivity index (χ0v) is 5.22. The van der Waals surface area contributed by atoms with Crippen molar-refractivity contribution in [2.45, 2.75) is 19.1 Å². The summed E-state index contributed by atoms with van der Waals surface area (Å²) in [6.45, 7) is 2.04. The number of ether oxygens (including phenoxy) is 1. The summed E-state index contributed by atoms with van der Waals surface area (Å²) in [7, 11) is 1.93. The monoisotopic (exact) mass is 113 g/mol. The maximum absolute atomic E-state index is 5.11. The number of rotatable bonds is 1.